The summed E-state index contributed by atoms with van der Waals surface area (Å²) in [5.41, 5.74) is 7.42. The van der Waals surface area contributed by atoms with E-state index < -0.39 is 18.3 Å². The fourth-order valence-corrected chi connectivity index (χ4v) is 2.82. The zero-order valence-electron chi connectivity index (χ0n) is 12.9. The summed E-state index contributed by atoms with van der Waals surface area (Å²) in [6, 6.07) is 5.27. The van der Waals surface area contributed by atoms with E-state index in [4.69, 9.17) is 15.2 Å². The zero-order valence-corrected chi connectivity index (χ0v) is 12.9. The van der Waals surface area contributed by atoms with Crippen molar-refractivity contribution in [1.29, 1.82) is 0 Å². The van der Waals surface area contributed by atoms with Gasteiger partial charge in [-0.3, -0.25) is 0 Å². The molecule has 7 heteroatoms. The standard InChI is InChI=1S/C16H21N3O4/c1-22-13-7-18-11-4-2-3-10(14(11)19-13)15(20)16(21)12-6-5-9(17)8-23-12/h2-4,7,9,12,15-16,20-21H,5-6,8,17H2,1H3/t9-,12?,15+,16?/m1/s1. The zero-order chi connectivity index (χ0) is 16.4. The number of rotatable bonds is 4. The van der Waals surface area contributed by atoms with Gasteiger partial charge in [-0.2, -0.15) is 0 Å². The van der Waals surface area contributed by atoms with Gasteiger partial charge in [-0.15, -0.1) is 0 Å². The first-order chi connectivity index (χ1) is 11.1. The fraction of sp³-hybridized carbons (Fsp3) is 0.500. The predicted molar refractivity (Wildman–Crippen MR) is 84.0 cm³/mol. The average Bonchev–Trinajstić information content (AvgIpc) is 2.60. The Morgan fingerprint density at radius 2 is 2.17 bits per heavy atom. The van der Waals surface area contributed by atoms with Crippen LogP contribution in [-0.4, -0.2) is 52.1 Å². The van der Waals surface area contributed by atoms with Crippen molar-refractivity contribution in [2.24, 2.45) is 5.73 Å². The molecule has 0 radical (unpaired) electrons. The highest BCUT2D eigenvalue weighted by Crippen LogP contribution is 2.29. The summed E-state index contributed by atoms with van der Waals surface area (Å²) in [6.45, 7) is 0.387. The lowest BCUT2D eigenvalue weighted by atomic mass is 9.94. The minimum absolute atomic E-state index is 0.0109. The van der Waals surface area contributed by atoms with E-state index in [1.54, 1.807) is 18.2 Å². The minimum Gasteiger partial charge on any atom is -0.480 e. The van der Waals surface area contributed by atoms with E-state index in [9.17, 15) is 10.2 Å². The Balaban J connectivity index is 1.89. The van der Waals surface area contributed by atoms with Crippen LogP contribution in [0.3, 0.4) is 0 Å². The highest BCUT2D eigenvalue weighted by atomic mass is 16.5. The molecule has 7 nitrogen and oxygen atoms in total. The number of ether oxygens (including phenoxy) is 2. The number of methoxy groups -OCH3 is 1. The smallest absolute Gasteiger partial charge is 0.232 e. The topological polar surface area (TPSA) is 111 Å². The summed E-state index contributed by atoms with van der Waals surface area (Å²) in [4.78, 5) is 8.59. The number of hydrogen-bond donors (Lipinski definition) is 3. The Labute approximate surface area is 134 Å². The van der Waals surface area contributed by atoms with Crippen molar-refractivity contribution in [3.8, 4) is 5.88 Å². The Hall–Kier alpha value is -1.80. The summed E-state index contributed by atoms with van der Waals surface area (Å²) < 4.78 is 10.6. The summed E-state index contributed by atoms with van der Waals surface area (Å²) >= 11 is 0. The molecule has 4 N–H and O–H groups in total. The molecule has 3 rings (SSSR count). The number of aromatic nitrogens is 2. The first kappa shape index (κ1) is 16.1. The number of nitrogens with zero attached hydrogens (tertiary/aromatic N) is 2. The van der Waals surface area contributed by atoms with Crippen molar-refractivity contribution >= 4 is 11.0 Å². The lowest BCUT2D eigenvalue weighted by Gasteiger charge is -2.32. The maximum atomic E-state index is 10.6. The van der Waals surface area contributed by atoms with Crippen LogP contribution in [0.25, 0.3) is 11.0 Å². The normalized spacial score (nSPS) is 24.3. The second kappa shape index (κ2) is 6.76. The third kappa shape index (κ3) is 3.28. The molecule has 0 amide bonds. The van der Waals surface area contributed by atoms with Crippen molar-refractivity contribution in [3.63, 3.8) is 0 Å². The summed E-state index contributed by atoms with van der Waals surface area (Å²) in [6.07, 6.45) is 0.260. The Morgan fingerprint density at radius 3 is 2.87 bits per heavy atom. The lowest BCUT2D eigenvalue weighted by Crippen LogP contribution is -2.43. The highest BCUT2D eigenvalue weighted by molar-refractivity contribution is 5.78. The first-order valence-electron chi connectivity index (χ1n) is 7.63. The molecule has 4 atom stereocenters. The van der Waals surface area contributed by atoms with E-state index in [1.807, 2.05) is 0 Å². The molecule has 1 aliphatic rings. The SMILES string of the molecule is COc1cnc2cccc([C@H](O)C(O)C3CC[C@@H](N)CO3)c2n1. The van der Waals surface area contributed by atoms with E-state index in [0.717, 1.165) is 6.42 Å². The van der Waals surface area contributed by atoms with Gasteiger partial charge in [-0.05, 0) is 18.9 Å². The summed E-state index contributed by atoms with van der Waals surface area (Å²) in [5, 5.41) is 21.1. The predicted octanol–water partition coefficient (Wildman–Crippen LogP) is 0.539. The van der Waals surface area contributed by atoms with Crippen molar-refractivity contribution in [3.05, 3.63) is 30.0 Å². The van der Waals surface area contributed by atoms with Gasteiger partial charge in [0.2, 0.25) is 5.88 Å². The number of benzene rings is 1. The van der Waals surface area contributed by atoms with E-state index in [0.29, 0.717) is 35.5 Å². The van der Waals surface area contributed by atoms with Crippen molar-refractivity contribution in [2.75, 3.05) is 13.7 Å². The monoisotopic (exact) mass is 319 g/mol. The van der Waals surface area contributed by atoms with Gasteiger partial charge in [0.25, 0.3) is 0 Å². The molecule has 0 bridgehead atoms. The molecule has 0 saturated carbocycles. The van der Waals surface area contributed by atoms with Crippen LogP contribution in [0.4, 0.5) is 0 Å². The molecule has 2 aromatic rings. The minimum atomic E-state index is -1.13. The Morgan fingerprint density at radius 1 is 1.35 bits per heavy atom. The molecule has 1 aliphatic heterocycles. The third-order valence-corrected chi connectivity index (χ3v) is 4.16. The second-order valence-corrected chi connectivity index (χ2v) is 5.77. The maximum absolute atomic E-state index is 10.6. The van der Waals surface area contributed by atoms with Crippen LogP contribution in [-0.2, 0) is 4.74 Å². The third-order valence-electron chi connectivity index (χ3n) is 4.16. The number of aliphatic hydroxyl groups excluding tert-OH is 2. The summed E-state index contributed by atoms with van der Waals surface area (Å²) in [7, 11) is 1.50. The van der Waals surface area contributed by atoms with Crippen LogP contribution in [0, 0.1) is 0 Å². The van der Waals surface area contributed by atoms with Crippen LogP contribution in [0.5, 0.6) is 5.88 Å². The van der Waals surface area contributed by atoms with Crippen molar-refractivity contribution in [1.82, 2.24) is 9.97 Å². The highest BCUT2D eigenvalue weighted by Gasteiger charge is 2.32. The van der Waals surface area contributed by atoms with E-state index in [1.165, 1.54) is 13.3 Å². The van der Waals surface area contributed by atoms with E-state index >= 15 is 0 Å². The van der Waals surface area contributed by atoms with Crippen LogP contribution < -0.4 is 10.5 Å². The van der Waals surface area contributed by atoms with Gasteiger partial charge in [0.1, 0.15) is 12.2 Å². The number of hydrogen-bond acceptors (Lipinski definition) is 7. The Bertz CT molecular complexity index is 673. The molecule has 2 unspecified atom stereocenters. The number of para-hydroxylation sites is 1. The molecule has 1 aromatic heterocycles. The molecular weight excluding hydrogens is 298 g/mol. The van der Waals surface area contributed by atoms with Gasteiger partial charge in [-0.25, -0.2) is 9.97 Å². The fourth-order valence-electron chi connectivity index (χ4n) is 2.82. The molecule has 1 aromatic carbocycles. The first-order valence-corrected chi connectivity index (χ1v) is 7.63. The van der Waals surface area contributed by atoms with E-state index in [-0.39, 0.29) is 6.04 Å². The van der Waals surface area contributed by atoms with Gasteiger partial charge in [0.15, 0.2) is 0 Å². The molecule has 124 valence electrons. The molecule has 0 spiro atoms. The molecule has 1 saturated heterocycles. The van der Waals surface area contributed by atoms with Crippen LogP contribution in [0.15, 0.2) is 24.4 Å². The summed E-state index contributed by atoms with van der Waals surface area (Å²) in [5.74, 6) is 0.353. The van der Waals surface area contributed by atoms with E-state index in [2.05, 4.69) is 9.97 Å². The molecule has 0 aliphatic carbocycles. The largest absolute Gasteiger partial charge is 0.480 e. The number of fused-ring (bicyclic) bond motifs is 1. The van der Waals surface area contributed by atoms with Gasteiger partial charge in [0.05, 0.1) is 37.1 Å². The Kier molecular flexibility index (Phi) is 4.72. The number of aliphatic hydroxyl groups is 2. The molecule has 1 fully saturated rings. The van der Waals surface area contributed by atoms with Crippen LogP contribution >= 0.6 is 0 Å². The quantitative estimate of drug-likeness (QED) is 0.754. The lowest BCUT2D eigenvalue weighted by molar-refractivity contribution is -0.111. The van der Waals surface area contributed by atoms with Gasteiger partial charge >= 0.3 is 0 Å². The van der Waals surface area contributed by atoms with Crippen LogP contribution in [0.1, 0.15) is 24.5 Å². The molecule has 2 heterocycles. The van der Waals surface area contributed by atoms with Gasteiger partial charge in [-0.1, -0.05) is 12.1 Å². The van der Waals surface area contributed by atoms with Gasteiger partial charge in [0, 0.05) is 11.6 Å². The second-order valence-electron chi connectivity index (χ2n) is 5.77. The average molecular weight is 319 g/mol. The van der Waals surface area contributed by atoms with Crippen molar-refractivity contribution in [2.45, 2.75) is 37.2 Å². The number of nitrogens with two attached hydrogens (primary N) is 1. The van der Waals surface area contributed by atoms with Crippen LogP contribution in [0.2, 0.25) is 0 Å². The van der Waals surface area contributed by atoms with Gasteiger partial charge < -0.3 is 25.4 Å². The molecular formula is C16H21N3O4. The van der Waals surface area contributed by atoms with Crippen molar-refractivity contribution < 1.29 is 19.7 Å². The molecule has 23 heavy (non-hydrogen) atoms. The maximum Gasteiger partial charge on any atom is 0.232 e.